The first-order valence-electron chi connectivity index (χ1n) is 13.0. The van der Waals surface area contributed by atoms with Crippen molar-refractivity contribution in [1.82, 2.24) is 5.32 Å². The number of nitrogens with one attached hydrogen (secondary N) is 1. The summed E-state index contributed by atoms with van der Waals surface area (Å²) >= 11 is 0. The van der Waals surface area contributed by atoms with Crippen LogP contribution in [0.2, 0.25) is 0 Å². The van der Waals surface area contributed by atoms with Crippen LogP contribution in [0.4, 0.5) is 0 Å². The van der Waals surface area contributed by atoms with Gasteiger partial charge in [0.05, 0.1) is 6.10 Å². The number of rotatable bonds is 9. The Morgan fingerprint density at radius 3 is 2.42 bits per heavy atom. The molecule has 4 aromatic carbocycles. The highest BCUT2D eigenvalue weighted by atomic mass is 16.5. The minimum Gasteiger partial charge on any atom is -0.489 e. The minimum absolute atomic E-state index is 0.275. The molecule has 0 heterocycles. The SMILES string of the molecule is C[C@H](NCCC1CCc2cc(OCc3ccccc3-c3ccccc3)ccc2C1O)c1ccccc1. The molecule has 1 aliphatic rings. The van der Waals surface area contributed by atoms with Crippen LogP contribution in [0, 0.1) is 5.92 Å². The standard InChI is InChI=1S/C33H35NO2/c1-24(25-10-4-2-5-11-25)34-21-20-27-16-17-28-22-30(18-19-32(28)33(27)35)36-23-29-14-8-9-15-31(29)26-12-6-3-7-13-26/h2-15,18-19,22,24,27,33-35H,16-17,20-21,23H2,1H3/t24-,27?,33?/m0/s1. The molecule has 0 aromatic heterocycles. The van der Waals surface area contributed by atoms with Crippen LogP contribution >= 0.6 is 0 Å². The van der Waals surface area contributed by atoms with Crippen molar-refractivity contribution in [2.45, 2.75) is 44.9 Å². The number of aryl methyl sites for hydroxylation is 1. The molecule has 1 aliphatic carbocycles. The van der Waals surface area contributed by atoms with Crippen molar-refractivity contribution < 1.29 is 9.84 Å². The second kappa shape index (κ2) is 11.6. The summed E-state index contributed by atoms with van der Waals surface area (Å²) in [7, 11) is 0. The molecule has 3 nitrogen and oxygen atoms in total. The molecule has 4 aromatic rings. The highest BCUT2D eigenvalue weighted by molar-refractivity contribution is 5.67. The first kappa shape index (κ1) is 24.3. The van der Waals surface area contributed by atoms with Gasteiger partial charge in [-0.1, -0.05) is 91.0 Å². The van der Waals surface area contributed by atoms with Crippen molar-refractivity contribution in [3.8, 4) is 16.9 Å². The Morgan fingerprint density at radius 2 is 1.61 bits per heavy atom. The van der Waals surface area contributed by atoms with E-state index in [9.17, 15) is 5.11 Å². The van der Waals surface area contributed by atoms with Crippen molar-refractivity contribution in [3.05, 3.63) is 125 Å². The molecule has 184 valence electrons. The smallest absolute Gasteiger partial charge is 0.120 e. The summed E-state index contributed by atoms with van der Waals surface area (Å²) in [6, 6.07) is 35.8. The van der Waals surface area contributed by atoms with Gasteiger partial charge in [0.25, 0.3) is 0 Å². The van der Waals surface area contributed by atoms with Crippen LogP contribution < -0.4 is 10.1 Å². The van der Waals surface area contributed by atoms with Gasteiger partial charge in [0.15, 0.2) is 0 Å². The van der Waals surface area contributed by atoms with E-state index in [0.29, 0.717) is 12.6 Å². The van der Waals surface area contributed by atoms with Gasteiger partial charge in [0.1, 0.15) is 12.4 Å². The normalized spacial score (nSPS) is 17.8. The average molecular weight is 478 g/mol. The van der Waals surface area contributed by atoms with E-state index in [1.165, 1.54) is 27.8 Å². The van der Waals surface area contributed by atoms with Gasteiger partial charge in [-0.3, -0.25) is 0 Å². The fourth-order valence-electron chi connectivity index (χ4n) is 5.28. The van der Waals surface area contributed by atoms with Crippen LogP contribution in [0.5, 0.6) is 5.75 Å². The molecule has 0 saturated carbocycles. The topological polar surface area (TPSA) is 41.5 Å². The molecule has 5 rings (SSSR count). The van der Waals surface area contributed by atoms with Crippen molar-refractivity contribution in [2.75, 3.05) is 6.54 Å². The molecule has 0 saturated heterocycles. The summed E-state index contributed by atoms with van der Waals surface area (Å²) in [6.45, 7) is 3.61. The summed E-state index contributed by atoms with van der Waals surface area (Å²) in [5.41, 5.74) is 7.12. The molecular formula is C33H35NO2. The Morgan fingerprint density at radius 1 is 0.889 bits per heavy atom. The van der Waals surface area contributed by atoms with Crippen LogP contribution in [-0.2, 0) is 13.0 Å². The summed E-state index contributed by atoms with van der Waals surface area (Å²) in [5.74, 6) is 1.14. The maximum atomic E-state index is 11.1. The lowest BCUT2D eigenvalue weighted by Crippen LogP contribution is -2.26. The first-order chi connectivity index (χ1) is 17.7. The zero-order valence-corrected chi connectivity index (χ0v) is 20.9. The number of hydrogen-bond acceptors (Lipinski definition) is 3. The quantitative estimate of drug-likeness (QED) is 0.266. The second-order valence-electron chi connectivity index (χ2n) is 9.79. The molecule has 2 N–H and O–H groups in total. The van der Waals surface area contributed by atoms with Crippen molar-refractivity contribution in [1.29, 1.82) is 0 Å². The molecular weight excluding hydrogens is 442 g/mol. The third-order valence-corrected chi connectivity index (χ3v) is 7.43. The molecule has 0 spiro atoms. The Bertz CT molecular complexity index is 1260. The molecule has 3 atom stereocenters. The molecule has 36 heavy (non-hydrogen) atoms. The minimum atomic E-state index is -0.421. The van der Waals surface area contributed by atoms with Gasteiger partial charge >= 0.3 is 0 Å². The second-order valence-corrected chi connectivity index (χ2v) is 9.79. The monoisotopic (exact) mass is 477 g/mol. The third-order valence-electron chi connectivity index (χ3n) is 7.43. The summed E-state index contributed by atoms with van der Waals surface area (Å²) in [6.07, 6.45) is 2.51. The average Bonchev–Trinajstić information content (AvgIpc) is 2.94. The molecule has 2 unspecified atom stereocenters. The maximum Gasteiger partial charge on any atom is 0.120 e. The van der Waals surface area contributed by atoms with Gasteiger partial charge in [-0.05, 0) is 84.2 Å². The molecule has 0 bridgehead atoms. The zero-order valence-electron chi connectivity index (χ0n) is 20.9. The van der Waals surface area contributed by atoms with Crippen LogP contribution in [0.1, 0.15) is 54.2 Å². The summed E-state index contributed by atoms with van der Waals surface area (Å²) < 4.78 is 6.22. The highest BCUT2D eigenvalue weighted by Gasteiger charge is 2.28. The zero-order chi connectivity index (χ0) is 24.7. The molecule has 0 aliphatic heterocycles. The fraction of sp³-hybridized carbons (Fsp3) is 0.273. The largest absolute Gasteiger partial charge is 0.489 e. The third kappa shape index (κ3) is 5.70. The Hall–Kier alpha value is -3.40. The Kier molecular flexibility index (Phi) is 7.80. The van der Waals surface area contributed by atoms with E-state index in [2.05, 4.69) is 97.2 Å². The number of aliphatic hydroxyl groups excluding tert-OH is 1. The number of fused-ring (bicyclic) bond motifs is 1. The lowest BCUT2D eigenvalue weighted by molar-refractivity contribution is 0.0879. The number of hydrogen-bond donors (Lipinski definition) is 2. The molecule has 0 radical (unpaired) electrons. The van der Waals surface area contributed by atoms with Gasteiger partial charge in [-0.15, -0.1) is 0 Å². The fourth-order valence-corrected chi connectivity index (χ4v) is 5.28. The Balaban J connectivity index is 1.18. The van der Waals surface area contributed by atoms with E-state index in [1.54, 1.807) is 0 Å². The summed E-state index contributed by atoms with van der Waals surface area (Å²) in [5, 5.41) is 14.7. The van der Waals surface area contributed by atoms with Crippen molar-refractivity contribution in [3.63, 3.8) is 0 Å². The van der Waals surface area contributed by atoms with E-state index in [-0.39, 0.29) is 5.92 Å². The van der Waals surface area contributed by atoms with E-state index in [1.807, 2.05) is 18.2 Å². The maximum absolute atomic E-state index is 11.1. The lowest BCUT2D eigenvalue weighted by Gasteiger charge is -2.31. The van der Waals surface area contributed by atoms with Crippen LogP contribution in [0.15, 0.2) is 103 Å². The number of aliphatic hydroxyl groups is 1. The Labute approximate surface area is 214 Å². The van der Waals surface area contributed by atoms with Crippen LogP contribution in [0.3, 0.4) is 0 Å². The van der Waals surface area contributed by atoms with Crippen LogP contribution in [0.25, 0.3) is 11.1 Å². The van der Waals surface area contributed by atoms with Gasteiger partial charge in [-0.2, -0.15) is 0 Å². The summed E-state index contributed by atoms with van der Waals surface area (Å²) in [4.78, 5) is 0. The number of benzene rings is 4. The first-order valence-corrected chi connectivity index (χ1v) is 13.0. The van der Waals surface area contributed by atoms with E-state index in [0.717, 1.165) is 37.1 Å². The predicted molar refractivity (Wildman–Crippen MR) is 147 cm³/mol. The van der Waals surface area contributed by atoms with Crippen molar-refractivity contribution >= 4 is 0 Å². The highest BCUT2D eigenvalue weighted by Crippen LogP contribution is 2.38. The van der Waals surface area contributed by atoms with Gasteiger partial charge in [0, 0.05) is 6.04 Å². The van der Waals surface area contributed by atoms with Gasteiger partial charge in [0.2, 0.25) is 0 Å². The van der Waals surface area contributed by atoms with E-state index >= 15 is 0 Å². The van der Waals surface area contributed by atoms with E-state index in [4.69, 9.17) is 4.74 Å². The van der Waals surface area contributed by atoms with E-state index < -0.39 is 6.10 Å². The van der Waals surface area contributed by atoms with Crippen LogP contribution in [-0.4, -0.2) is 11.7 Å². The van der Waals surface area contributed by atoms with Gasteiger partial charge < -0.3 is 15.2 Å². The molecule has 0 fully saturated rings. The number of ether oxygens (including phenoxy) is 1. The molecule has 0 amide bonds. The predicted octanol–water partition coefficient (Wildman–Crippen LogP) is 7.27. The van der Waals surface area contributed by atoms with Crippen molar-refractivity contribution in [2.24, 2.45) is 5.92 Å². The van der Waals surface area contributed by atoms with Gasteiger partial charge in [-0.25, -0.2) is 0 Å². The lowest BCUT2D eigenvalue weighted by atomic mass is 9.80. The molecule has 3 heteroatoms.